The zero-order chi connectivity index (χ0) is 15.2. The maximum Gasteiger partial charge on any atom is 0.145 e. The Kier molecular flexibility index (Phi) is 7.27. The van der Waals surface area contributed by atoms with Crippen LogP contribution in [0.5, 0.6) is 0 Å². The Hall–Kier alpha value is 0.177. The first kappa shape index (κ1) is 18.2. The van der Waals surface area contributed by atoms with Gasteiger partial charge in [-0.2, -0.15) is 0 Å². The Morgan fingerprint density at radius 1 is 1.10 bits per heavy atom. The highest BCUT2D eigenvalue weighted by Crippen LogP contribution is 2.51. The summed E-state index contributed by atoms with van der Waals surface area (Å²) in [6.07, 6.45) is 11.1. The molecule has 0 aromatic carbocycles. The van der Waals surface area contributed by atoms with Gasteiger partial charge in [-0.25, -0.2) is 0 Å². The van der Waals surface area contributed by atoms with Crippen molar-refractivity contribution in [3.05, 3.63) is 0 Å². The van der Waals surface area contributed by atoms with Gasteiger partial charge in [-0.15, -0.1) is 0 Å². The van der Waals surface area contributed by atoms with Crippen molar-refractivity contribution in [1.29, 1.82) is 0 Å². The Morgan fingerprint density at radius 3 is 2.25 bits per heavy atom. The topological polar surface area (TPSA) is 9.23 Å². The summed E-state index contributed by atoms with van der Waals surface area (Å²) in [5, 5.41) is 0. The second-order valence-corrected chi connectivity index (χ2v) is 8.83. The molecule has 0 aromatic heterocycles. The van der Waals surface area contributed by atoms with Crippen LogP contribution in [0.4, 0.5) is 0 Å². The smallest absolute Gasteiger partial charge is 0.145 e. The highest BCUT2D eigenvalue weighted by molar-refractivity contribution is 5.97. The molecule has 1 aliphatic rings. The van der Waals surface area contributed by atoms with Gasteiger partial charge in [0.15, 0.2) is 0 Å². The largest absolute Gasteiger partial charge is 0.428 e. The molecule has 120 valence electrons. The lowest BCUT2D eigenvalue weighted by molar-refractivity contribution is -0.00861. The molecule has 0 N–H and O–H groups in total. The van der Waals surface area contributed by atoms with Crippen molar-refractivity contribution in [2.45, 2.75) is 86.0 Å². The van der Waals surface area contributed by atoms with E-state index in [1.165, 1.54) is 51.4 Å². The summed E-state index contributed by atoms with van der Waals surface area (Å²) in [5.41, 5.74) is 0.874. The molecule has 0 aromatic rings. The van der Waals surface area contributed by atoms with Gasteiger partial charge in [0.1, 0.15) is 10.5 Å². The molecule has 1 rings (SSSR count). The molecule has 20 heavy (non-hydrogen) atoms. The van der Waals surface area contributed by atoms with Gasteiger partial charge in [0, 0.05) is 6.61 Å². The average Bonchev–Trinajstić information content (AvgIpc) is 2.41. The summed E-state index contributed by atoms with van der Waals surface area (Å²) < 4.78 is 5.71. The van der Waals surface area contributed by atoms with Gasteiger partial charge >= 0.3 is 0 Å². The fourth-order valence-electron chi connectivity index (χ4n) is 4.84. The molecule has 0 heterocycles. The van der Waals surface area contributed by atoms with Gasteiger partial charge in [0.2, 0.25) is 0 Å². The van der Waals surface area contributed by atoms with Gasteiger partial charge < -0.3 is 4.43 Å². The Morgan fingerprint density at radius 2 is 1.70 bits per heavy atom. The van der Waals surface area contributed by atoms with Crippen molar-refractivity contribution >= 4 is 10.5 Å². The molecule has 1 aliphatic carbocycles. The van der Waals surface area contributed by atoms with E-state index >= 15 is 0 Å². The van der Waals surface area contributed by atoms with Crippen LogP contribution in [0.15, 0.2) is 0 Å². The van der Waals surface area contributed by atoms with Crippen molar-refractivity contribution in [3.8, 4) is 0 Å². The van der Waals surface area contributed by atoms with Crippen LogP contribution >= 0.6 is 0 Å². The molecule has 0 aliphatic heterocycles. The quantitative estimate of drug-likeness (QED) is 0.667. The van der Waals surface area contributed by atoms with E-state index in [-0.39, 0.29) is 0 Å². The van der Waals surface area contributed by atoms with Crippen molar-refractivity contribution in [1.82, 2.24) is 0 Å². The van der Waals surface area contributed by atoms with E-state index in [2.05, 4.69) is 34.6 Å². The van der Waals surface area contributed by atoms with Crippen molar-refractivity contribution < 1.29 is 4.43 Å². The van der Waals surface area contributed by atoms with Crippen molar-refractivity contribution in [2.75, 3.05) is 6.61 Å². The van der Waals surface area contributed by atoms with E-state index in [0.717, 1.165) is 28.9 Å². The molecule has 1 nitrogen and oxygen atoms in total. The summed E-state index contributed by atoms with van der Waals surface area (Å²) in [4.78, 5) is 0. The molecule has 2 unspecified atom stereocenters. The average molecular weight is 299 g/mol. The molecule has 1 saturated carbocycles. The van der Waals surface area contributed by atoms with E-state index in [4.69, 9.17) is 4.43 Å². The number of hydrogen-bond donors (Lipinski definition) is 0. The molecule has 0 bridgehead atoms. The van der Waals surface area contributed by atoms with Crippen LogP contribution in [0, 0.1) is 22.7 Å². The third-order valence-electron chi connectivity index (χ3n) is 5.95. The van der Waals surface area contributed by atoms with E-state index in [9.17, 15) is 0 Å². The summed E-state index contributed by atoms with van der Waals surface area (Å²) in [6.45, 7) is 13.4. The monoisotopic (exact) mass is 298 g/mol. The zero-order valence-electron chi connectivity index (χ0n) is 14.9. The predicted molar refractivity (Wildman–Crippen MR) is 93.0 cm³/mol. The summed E-state index contributed by atoms with van der Waals surface area (Å²) >= 11 is 0. The van der Waals surface area contributed by atoms with Crippen LogP contribution in [0.25, 0.3) is 0 Å². The lowest BCUT2D eigenvalue weighted by atomic mass is 9.57. The number of hydrogen-bond acceptors (Lipinski definition) is 1. The van der Waals surface area contributed by atoms with Crippen LogP contribution in [0.2, 0.25) is 0 Å². The Balaban J connectivity index is 3.00. The summed E-state index contributed by atoms with van der Waals surface area (Å²) in [5.74, 6) is 1.58. The highest BCUT2D eigenvalue weighted by atomic mass is 28.2. The lowest BCUT2D eigenvalue weighted by Gasteiger charge is -2.49. The second-order valence-electron chi connectivity index (χ2n) is 8.26. The first-order chi connectivity index (χ1) is 9.36. The minimum absolute atomic E-state index is 0.410. The van der Waals surface area contributed by atoms with Gasteiger partial charge in [-0.1, -0.05) is 66.7 Å². The van der Waals surface area contributed by atoms with Crippen molar-refractivity contribution in [3.63, 3.8) is 0 Å². The van der Waals surface area contributed by atoms with Crippen LogP contribution in [-0.2, 0) is 4.43 Å². The fourth-order valence-corrected chi connectivity index (χ4v) is 5.24. The normalized spacial score (nSPS) is 28.6. The standard InChI is InChI=1S/C18H38OSi/c1-6-13-17(2,3)16-12-10-8-7-9-11-15(14-19-20)18(16,4)5/h15-16H,6-14H2,1-5,20H3. The molecular formula is C18H38OSi. The van der Waals surface area contributed by atoms with E-state index in [1.54, 1.807) is 0 Å². The van der Waals surface area contributed by atoms with E-state index in [1.807, 2.05) is 0 Å². The lowest BCUT2D eigenvalue weighted by Crippen LogP contribution is -2.42. The van der Waals surface area contributed by atoms with Gasteiger partial charge in [0.05, 0.1) is 0 Å². The molecule has 2 atom stereocenters. The predicted octanol–water partition coefficient (Wildman–Crippen LogP) is 4.72. The maximum atomic E-state index is 5.71. The third kappa shape index (κ3) is 4.59. The maximum absolute atomic E-state index is 5.71. The van der Waals surface area contributed by atoms with Gasteiger partial charge in [-0.3, -0.25) is 0 Å². The Labute approximate surface area is 130 Å². The molecule has 1 fully saturated rings. The molecule has 0 radical (unpaired) electrons. The van der Waals surface area contributed by atoms with Gasteiger partial charge in [0.25, 0.3) is 0 Å². The van der Waals surface area contributed by atoms with Crippen LogP contribution in [0.1, 0.15) is 86.0 Å². The third-order valence-corrected chi connectivity index (χ3v) is 6.28. The molecule has 0 saturated heterocycles. The summed E-state index contributed by atoms with van der Waals surface area (Å²) in [6, 6.07) is 0. The number of rotatable bonds is 5. The van der Waals surface area contributed by atoms with E-state index < -0.39 is 0 Å². The van der Waals surface area contributed by atoms with Gasteiger partial charge in [-0.05, 0) is 41.9 Å². The molecule has 0 spiro atoms. The molecule has 2 heteroatoms. The highest BCUT2D eigenvalue weighted by Gasteiger charge is 2.44. The first-order valence-electron chi connectivity index (χ1n) is 8.85. The minimum atomic E-state index is 0.410. The molecular weight excluding hydrogens is 260 g/mol. The van der Waals surface area contributed by atoms with Crippen molar-refractivity contribution in [2.24, 2.45) is 22.7 Å². The molecule has 0 amide bonds. The summed E-state index contributed by atoms with van der Waals surface area (Å²) in [7, 11) is 0.883. The van der Waals surface area contributed by atoms with Crippen LogP contribution in [-0.4, -0.2) is 17.1 Å². The second kappa shape index (κ2) is 7.98. The van der Waals surface area contributed by atoms with Crippen LogP contribution in [0.3, 0.4) is 0 Å². The fraction of sp³-hybridized carbons (Fsp3) is 1.00. The minimum Gasteiger partial charge on any atom is -0.428 e. The SMILES string of the molecule is CCCC(C)(C)C1CCCCCCC(CO[SiH3])C1(C)C. The Bertz CT molecular complexity index is 273. The van der Waals surface area contributed by atoms with Crippen LogP contribution < -0.4 is 0 Å². The zero-order valence-corrected chi connectivity index (χ0v) is 16.9. The van der Waals surface area contributed by atoms with E-state index in [0.29, 0.717) is 10.8 Å². The first-order valence-corrected chi connectivity index (χ1v) is 9.66.